The summed E-state index contributed by atoms with van der Waals surface area (Å²) in [5.41, 5.74) is 4.82. The van der Waals surface area contributed by atoms with Crippen LogP contribution in [0.25, 0.3) is 38.2 Å². The van der Waals surface area contributed by atoms with Crippen LogP contribution in [0.4, 0.5) is 0 Å². The van der Waals surface area contributed by atoms with Crippen molar-refractivity contribution in [3.8, 4) is 11.4 Å². The van der Waals surface area contributed by atoms with E-state index in [0.717, 1.165) is 34.8 Å². The Bertz CT molecular complexity index is 1450. The second kappa shape index (κ2) is 7.39. The van der Waals surface area contributed by atoms with E-state index in [1.54, 1.807) is 4.90 Å². The molecular weight excluding hydrogens is 416 g/mol. The number of hydrogen-bond donors (Lipinski definition) is 1. The van der Waals surface area contributed by atoms with Crippen LogP contribution >= 0.6 is 11.3 Å². The van der Waals surface area contributed by atoms with Crippen LogP contribution in [-0.2, 0) is 19.4 Å². The van der Waals surface area contributed by atoms with Gasteiger partial charge < -0.3 is 9.47 Å². The molecule has 0 bridgehead atoms. The molecule has 0 saturated carbocycles. The van der Waals surface area contributed by atoms with E-state index >= 15 is 0 Å². The molecule has 0 amide bonds. The molecule has 0 atom stereocenters. The predicted molar refractivity (Wildman–Crippen MR) is 129 cm³/mol. The zero-order valence-corrected chi connectivity index (χ0v) is 19.0. The summed E-state index contributed by atoms with van der Waals surface area (Å²) in [4.78, 5) is 14.2. The minimum absolute atomic E-state index is 0.804. The van der Waals surface area contributed by atoms with Gasteiger partial charge in [0.25, 0.3) is 0 Å². The Hall–Kier alpha value is -2.77. The van der Waals surface area contributed by atoms with Crippen LogP contribution in [0.5, 0.6) is 0 Å². The van der Waals surface area contributed by atoms with Crippen molar-refractivity contribution in [1.29, 1.82) is 0 Å². The molecule has 2 aliphatic rings. The standard InChI is InChI=1S/C25H26N6S/c1-3-9-20-17(7-1)19(15-30(20)14-13-29-11-5-6-12-29)23-27-24-22-18-8-2-4-10-21(18)32-25(22)26-16-31(24)28-23/h1,3,7,9,15-16H,2,4-6,8,10-14H2/p+1. The average Bonchev–Trinajstić information content (AvgIpc) is 3.61. The second-order valence-corrected chi connectivity index (χ2v) is 10.4. The molecule has 5 heterocycles. The van der Waals surface area contributed by atoms with E-state index in [1.165, 1.54) is 78.5 Å². The van der Waals surface area contributed by atoms with Gasteiger partial charge in [-0.1, -0.05) is 18.2 Å². The molecule has 7 heteroatoms. The molecule has 4 aromatic heterocycles. The van der Waals surface area contributed by atoms with Crippen LogP contribution in [0.15, 0.2) is 36.8 Å². The quantitative estimate of drug-likeness (QED) is 0.462. The Morgan fingerprint density at radius 2 is 1.91 bits per heavy atom. The lowest BCUT2D eigenvalue weighted by Crippen LogP contribution is -3.10. The topological polar surface area (TPSA) is 52.4 Å². The molecule has 0 unspecified atom stereocenters. The molecular formula is C25H27N6S+. The summed E-state index contributed by atoms with van der Waals surface area (Å²) in [6.45, 7) is 4.84. The molecule has 1 aliphatic carbocycles. The number of likely N-dealkylation sites (tertiary alicyclic amines) is 1. The second-order valence-electron chi connectivity index (χ2n) is 9.30. The normalized spacial score (nSPS) is 17.1. The highest BCUT2D eigenvalue weighted by Crippen LogP contribution is 2.38. The fourth-order valence-corrected chi connectivity index (χ4v) is 6.91. The van der Waals surface area contributed by atoms with Crippen LogP contribution in [0.1, 0.15) is 36.1 Å². The summed E-state index contributed by atoms with van der Waals surface area (Å²) in [7, 11) is 0. The zero-order chi connectivity index (χ0) is 21.1. The van der Waals surface area contributed by atoms with E-state index in [9.17, 15) is 0 Å². The Labute approximate surface area is 190 Å². The van der Waals surface area contributed by atoms with E-state index in [4.69, 9.17) is 15.1 Å². The molecule has 1 saturated heterocycles. The third-order valence-electron chi connectivity index (χ3n) is 7.34. The van der Waals surface area contributed by atoms with Crippen molar-refractivity contribution >= 4 is 38.1 Å². The van der Waals surface area contributed by atoms with Gasteiger partial charge in [0.05, 0.1) is 31.6 Å². The van der Waals surface area contributed by atoms with Crippen molar-refractivity contribution in [2.24, 2.45) is 0 Å². The van der Waals surface area contributed by atoms with Gasteiger partial charge in [-0.15, -0.1) is 16.4 Å². The maximum absolute atomic E-state index is 5.09. The lowest BCUT2D eigenvalue weighted by molar-refractivity contribution is -0.888. The van der Waals surface area contributed by atoms with Gasteiger partial charge in [-0.25, -0.2) is 14.5 Å². The molecule has 32 heavy (non-hydrogen) atoms. The fourth-order valence-electron chi connectivity index (χ4n) is 5.68. The van der Waals surface area contributed by atoms with Gasteiger partial charge in [0.1, 0.15) is 11.2 Å². The first kappa shape index (κ1) is 18.8. The van der Waals surface area contributed by atoms with Crippen molar-refractivity contribution in [2.75, 3.05) is 19.6 Å². The lowest BCUT2D eigenvalue weighted by Gasteiger charge is -2.12. The minimum atomic E-state index is 0.804. The SMILES string of the molecule is c1ccc2c(c1)c(-c1nc3c4c5c(sc4ncn3n1)CCCC5)cn2CC[NH+]1CCCC1. The molecule has 7 rings (SSSR count). The summed E-state index contributed by atoms with van der Waals surface area (Å²) in [5, 5.41) is 7.35. The fraction of sp³-hybridized carbons (Fsp3) is 0.400. The van der Waals surface area contributed by atoms with Crippen LogP contribution in [0, 0.1) is 0 Å². The molecule has 1 aromatic carbocycles. The maximum atomic E-state index is 5.09. The maximum Gasteiger partial charge on any atom is 0.184 e. The molecule has 0 radical (unpaired) electrons. The summed E-state index contributed by atoms with van der Waals surface area (Å²) < 4.78 is 4.29. The Morgan fingerprint density at radius 1 is 1.03 bits per heavy atom. The van der Waals surface area contributed by atoms with Crippen LogP contribution in [-0.4, -0.2) is 43.8 Å². The van der Waals surface area contributed by atoms with Gasteiger partial charge >= 0.3 is 0 Å². The van der Waals surface area contributed by atoms with Gasteiger partial charge in [-0.05, 0) is 37.3 Å². The zero-order valence-electron chi connectivity index (χ0n) is 18.2. The first-order valence-corrected chi connectivity index (χ1v) is 12.7. The number of nitrogens with zero attached hydrogens (tertiary/aromatic N) is 5. The van der Waals surface area contributed by atoms with Crippen molar-refractivity contribution in [3.63, 3.8) is 0 Å². The van der Waals surface area contributed by atoms with E-state index < -0.39 is 0 Å². The van der Waals surface area contributed by atoms with E-state index in [-0.39, 0.29) is 0 Å². The highest BCUT2D eigenvalue weighted by atomic mass is 32.1. The Balaban J connectivity index is 1.35. The van der Waals surface area contributed by atoms with Gasteiger partial charge in [0.2, 0.25) is 0 Å². The molecule has 0 spiro atoms. The number of benzene rings is 1. The van der Waals surface area contributed by atoms with Crippen LogP contribution in [0.2, 0.25) is 0 Å². The number of aromatic nitrogens is 5. The van der Waals surface area contributed by atoms with E-state index in [2.05, 4.69) is 35.0 Å². The number of hydrogen-bond acceptors (Lipinski definition) is 4. The highest BCUT2D eigenvalue weighted by molar-refractivity contribution is 7.19. The number of aryl methyl sites for hydroxylation is 2. The van der Waals surface area contributed by atoms with Gasteiger partial charge in [-0.3, -0.25) is 0 Å². The van der Waals surface area contributed by atoms with E-state index in [1.807, 2.05) is 22.2 Å². The monoisotopic (exact) mass is 443 g/mol. The summed E-state index contributed by atoms with van der Waals surface area (Å²) in [6.07, 6.45) is 11.7. The Morgan fingerprint density at radius 3 is 2.84 bits per heavy atom. The molecule has 6 nitrogen and oxygen atoms in total. The van der Waals surface area contributed by atoms with Gasteiger partial charge in [0, 0.05) is 40.4 Å². The number of nitrogens with one attached hydrogen (secondary N) is 1. The number of para-hydroxylation sites is 1. The molecule has 1 aliphatic heterocycles. The number of rotatable bonds is 4. The molecule has 1 fully saturated rings. The summed E-state index contributed by atoms with van der Waals surface area (Å²) >= 11 is 1.85. The Kier molecular flexibility index (Phi) is 4.33. The first-order valence-electron chi connectivity index (χ1n) is 11.9. The number of fused-ring (bicyclic) bond motifs is 6. The first-order chi connectivity index (χ1) is 15.8. The lowest BCUT2D eigenvalue weighted by atomic mass is 9.97. The van der Waals surface area contributed by atoms with Crippen molar-refractivity contribution in [3.05, 3.63) is 47.2 Å². The van der Waals surface area contributed by atoms with Gasteiger partial charge in [-0.2, -0.15) is 0 Å². The van der Waals surface area contributed by atoms with Crippen molar-refractivity contribution in [2.45, 2.75) is 45.1 Å². The van der Waals surface area contributed by atoms with Crippen LogP contribution < -0.4 is 4.90 Å². The number of quaternary nitrogens is 1. The molecule has 5 aromatic rings. The largest absolute Gasteiger partial charge is 0.341 e. The number of thiophene rings is 1. The van der Waals surface area contributed by atoms with Crippen molar-refractivity contribution in [1.82, 2.24) is 24.1 Å². The van der Waals surface area contributed by atoms with Gasteiger partial charge in [0.15, 0.2) is 11.5 Å². The highest BCUT2D eigenvalue weighted by Gasteiger charge is 2.22. The van der Waals surface area contributed by atoms with E-state index in [0.29, 0.717) is 0 Å². The average molecular weight is 444 g/mol. The third-order valence-corrected chi connectivity index (χ3v) is 8.54. The smallest absolute Gasteiger partial charge is 0.184 e. The van der Waals surface area contributed by atoms with Crippen molar-refractivity contribution < 1.29 is 4.90 Å². The van der Waals surface area contributed by atoms with Crippen LogP contribution in [0.3, 0.4) is 0 Å². The molecule has 162 valence electrons. The minimum Gasteiger partial charge on any atom is -0.341 e. The molecule has 1 N–H and O–H groups in total. The summed E-state index contributed by atoms with van der Waals surface area (Å²) in [6, 6.07) is 8.68. The third kappa shape index (κ3) is 2.91. The summed E-state index contributed by atoms with van der Waals surface area (Å²) in [5.74, 6) is 0.804. The predicted octanol–water partition coefficient (Wildman–Crippen LogP) is 3.52.